The van der Waals surface area contributed by atoms with Crippen LogP contribution in [0.4, 0.5) is 8.78 Å². The molecule has 2 aromatic rings. The van der Waals surface area contributed by atoms with Crippen molar-refractivity contribution < 1.29 is 33.0 Å². The number of carboxylic acids is 1. The van der Waals surface area contributed by atoms with E-state index >= 15 is 4.39 Å². The van der Waals surface area contributed by atoms with Crippen LogP contribution in [-0.4, -0.2) is 41.7 Å². The average Bonchev–Trinajstić information content (AvgIpc) is 2.80. The van der Waals surface area contributed by atoms with E-state index < -0.39 is 40.8 Å². The predicted octanol–water partition coefficient (Wildman–Crippen LogP) is 4.95. The van der Waals surface area contributed by atoms with Crippen molar-refractivity contribution in [1.82, 2.24) is 4.90 Å². The molecular formula is C27H29F2NO5. The number of allylic oxidation sites excluding steroid dienone is 2. The zero-order valence-electron chi connectivity index (χ0n) is 20.4. The van der Waals surface area contributed by atoms with Gasteiger partial charge < -0.3 is 19.5 Å². The van der Waals surface area contributed by atoms with E-state index in [9.17, 15) is 19.1 Å². The number of esters is 1. The van der Waals surface area contributed by atoms with Crippen LogP contribution in [0, 0.1) is 11.6 Å². The summed E-state index contributed by atoms with van der Waals surface area (Å²) in [7, 11) is 1.16. The van der Waals surface area contributed by atoms with Gasteiger partial charge >= 0.3 is 11.9 Å². The summed E-state index contributed by atoms with van der Waals surface area (Å²) >= 11 is 0. The molecule has 0 fully saturated rings. The molecule has 35 heavy (non-hydrogen) atoms. The van der Waals surface area contributed by atoms with Gasteiger partial charge in [0.15, 0.2) is 17.2 Å². The van der Waals surface area contributed by atoms with Gasteiger partial charge in [0, 0.05) is 30.6 Å². The van der Waals surface area contributed by atoms with Crippen molar-refractivity contribution in [2.24, 2.45) is 0 Å². The number of nitrogens with zero attached hydrogens (tertiary/aromatic N) is 1. The minimum absolute atomic E-state index is 0.214. The standard InChI is InChI=1S/C27H29F2NO5/c1-16(2)35-26(33)23-18(4)30(15-14-19-10-7-6-8-11-19)17(3)22(25(31)32)27(23,34-5)20-12-9-13-21(28)24(20)29/h6-13,16H,14-15H2,1-5H3,(H,31,32)/t27-/m0/s1. The number of ether oxygens (including phenoxy) is 2. The molecule has 186 valence electrons. The monoisotopic (exact) mass is 485 g/mol. The molecule has 0 amide bonds. The van der Waals surface area contributed by atoms with Crippen molar-refractivity contribution in [2.75, 3.05) is 13.7 Å². The number of methoxy groups -OCH3 is 1. The molecule has 1 aliphatic heterocycles. The smallest absolute Gasteiger partial charge is 0.339 e. The second-order valence-corrected chi connectivity index (χ2v) is 8.55. The predicted molar refractivity (Wildman–Crippen MR) is 126 cm³/mol. The van der Waals surface area contributed by atoms with Crippen LogP contribution in [0.3, 0.4) is 0 Å². The van der Waals surface area contributed by atoms with Gasteiger partial charge in [0.25, 0.3) is 0 Å². The van der Waals surface area contributed by atoms with Gasteiger partial charge in [-0.1, -0.05) is 42.5 Å². The fourth-order valence-electron chi connectivity index (χ4n) is 4.61. The van der Waals surface area contributed by atoms with Crippen molar-refractivity contribution in [3.05, 3.63) is 93.8 Å². The molecule has 2 aromatic carbocycles. The minimum atomic E-state index is -2.23. The van der Waals surface area contributed by atoms with Crippen molar-refractivity contribution in [3.63, 3.8) is 0 Å². The summed E-state index contributed by atoms with van der Waals surface area (Å²) in [5.74, 6) is -4.80. The van der Waals surface area contributed by atoms with E-state index in [-0.39, 0.29) is 16.8 Å². The summed E-state index contributed by atoms with van der Waals surface area (Å²) < 4.78 is 40.7. The first-order valence-electron chi connectivity index (χ1n) is 11.2. The Morgan fingerprint density at radius 3 is 2.20 bits per heavy atom. The summed E-state index contributed by atoms with van der Waals surface area (Å²) in [6, 6.07) is 12.9. The van der Waals surface area contributed by atoms with E-state index in [2.05, 4.69) is 0 Å². The molecular weight excluding hydrogens is 456 g/mol. The zero-order valence-corrected chi connectivity index (χ0v) is 20.4. The molecule has 1 atom stereocenters. The van der Waals surface area contributed by atoms with E-state index in [0.717, 1.165) is 18.7 Å². The first kappa shape index (κ1) is 26.1. The van der Waals surface area contributed by atoms with Gasteiger partial charge in [0.1, 0.15) is 0 Å². The van der Waals surface area contributed by atoms with Crippen molar-refractivity contribution in [3.8, 4) is 0 Å². The highest BCUT2D eigenvalue weighted by atomic mass is 19.2. The number of hydrogen-bond acceptors (Lipinski definition) is 5. The van der Waals surface area contributed by atoms with Crippen molar-refractivity contribution >= 4 is 11.9 Å². The SMILES string of the molecule is CO[C@@]1(c2cccc(F)c2F)C(C(=O)O)=C(C)N(CCc2ccccc2)C(C)=C1C(=O)OC(C)C. The maximum absolute atomic E-state index is 15.2. The fourth-order valence-corrected chi connectivity index (χ4v) is 4.61. The molecule has 0 unspecified atom stereocenters. The molecule has 0 bridgehead atoms. The topological polar surface area (TPSA) is 76.1 Å². The summed E-state index contributed by atoms with van der Waals surface area (Å²) in [4.78, 5) is 27.8. The summed E-state index contributed by atoms with van der Waals surface area (Å²) in [5.41, 5.74) is -1.67. The van der Waals surface area contributed by atoms with Crippen molar-refractivity contribution in [1.29, 1.82) is 0 Å². The molecule has 1 N–H and O–H groups in total. The Hall–Kier alpha value is -3.52. The number of benzene rings is 2. The van der Waals surface area contributed by atoms with E-state index in [0.29, 0.717) is 18.7 Å². The molecule has 0 radical (unpaired) electrons. The second-order valence-electron chi connectivity index (χ2n) is 8.55. The van der Waals surface area contributed by atoms with Crippen LogP contribution in [0.25, 0.3) is 0 Å². The van der Waals surface area contributed by atoms with Crippen LogP contribution in [0.5, 0.6) is 0 Å². The van der Waals surface area contributed by atoms with Gasteiger partial charge in [-0.3, -0.25) is 0 Å². The molecule has 3 rings (SSSR count). The van der Waals surface area contributed by atoms with Crippen LogP contribution in [-0.2, 0) is 31.1 Å². The van der Waals surface area contributed by atoms with Gasteiger partial charge in [-0.15, -0.1) is 0 Å². The summed E-state index contributed by atoms with van der Waals surface area (Å²) in [5, 5.41) is 10.3. The zero-order chi connectivity index (χ0) is 25.9. The summed E-state index contributed by atoms with van der Waals surface area (Å²) in [6.45, 7) is 6.80. The Balaban J connectivity index is 2.31. The van der Waals surface area contributed by atoms with Crippen LogP contribution < -0.4 is 0 Å². The highest BCUT2D eigenvalue weighted by Crippen LogP contribution is 2.49. The molecule has 0 aromatic heterocycles. The molecule has 0 saturated carbocycles. The third kappa shape index (κ3) is 4.71. The third-order valence-electron chi connectivity index (χ3n) is 6.10. The molecule has 0 saturated heterocycles. The molecule has 6 nitrogen and oxygen atoms in total. The van der Waals surface area contributed by atoms with Gasteiger partial charge in [0.05, 0.1) is 17.3 Å². The van der Waals surface area contributed by atoms with Crippen LogP contribution >= 0.6 is 0 Å². The number of carboxylic acid groups (broad SMARTS) is 1. The Kier molecular flexibility index (Phi) is 7.75. The van der Waals surface area contributed by atoms with E-state index in [1.54, 1.807) is 32.6 Å². The average molecular weight is 486 g/mol. The number of aliphatic carboxylic acids is 1. The number of halogens is 2. The lowest BCUT2D eigenvalue weighted by Gasteiger charge is -2.44. The van der Waals surface area contributed by atoms with Gasteiger partial charge in [-0.05, 0) is 45.7 Å². The first-order chi connectivity index (χ1) is 16.6. The quantitative estimate of drug-likeness (QED) is 0.534. The molecule has 1 heterocycles. The van der Waals surface area contributed by atoms with E-state index in [4.69, 9.17) is 9.47 Å². The van der Waals surface area contributed by atoms with E-state index in [1.165, 1.54) is 12.1 Å². The molecule has 0 aliphatic carbocycles. The number of carbonyl (C=O) groups excluding carboxylic acids is 1. The number of hydrogen-bond donors (Lipinski definition) is 1. The van der Waals surface area contributed by atoms with Gasteiger partial charge in [0.2, 0.25) is 0 Å². The Labute approximate surface area is 203 Å². The van der Waals surface area contributed by atoms with Gasteiger partial charge in [-0.25, -0.2) is 18.4 Å². The Bertz CT molecular complexity index is 1190. The molecule has 1 aliphatic rings. The molecule has 0 spiro atoms. The van der Waals surface area contributed by atoms with Crippen LogP contribution in [0.15, 0.2) is 71.1 Å². The lowest BCUT2D eigenvalue weighted by atomic mass is 9.74. The highest BCUT2D eigenvalue weighted by Gasteiger charge is 2.54. The largest absolute Gasteiger partial charge is 0.478 e. The summed E-state index contributed by atoms with van der Waals surface area (Å²) in [6.07, 6.45) is -0.00349. The minimum Gasteiger partial charge on any atom is -0.478 e. The Morgan fingerprint density at radius 2 is 1.63 bits per heavy atom. The van der Waals surface area contributed by atoms with Crippen LogP contribution in [0.1, 0.15) is 38.8 Å². The van der Waals surface area contributed by atoms with Gasteiger partial charge in [-0.2, -0.15) is 0 Å². The van der Waals surface area contributed by atoms with E-state index in [1.807, 2.05) is 30.3 Å². The maximum atomic E-state index is 15.2. The normalized spacial score (nSPS) is 18.3. The molecule has 8 heteroatoms. The number of rotatable bonds is 8. The number of carbonyl (C=O) groups is 2. The highest BCUT2D eigenvalue weighted by molar-refractivity contribution is 6.00. The maximum Gasteiger partial charge on any atom is 0.339 e. The van der Waals surface area contributed by atoms with Crippen molar-refractivity contribution in [2.45, 2.75) is 45.8 Å². The lowest BCUT2D eigenvalue weighted by Crippen LogP contribution is -2.48. The van der Waals surface area contributed by atoms with Crippen LogP contribution in [0.2, 0.25) is 0 Å². The second kappa shape index (κ2) is 10.4. The fraction of sp³-hybridized carbons (Fsp3) is 0.333. The third-order valence-corrected chi connectivity index (χ3v) is 6.10. The first-order valence-corrected chi connectivity index (χ1v) is 11.2. The lowest BCUT2D eigenvalue weighted by molar-refractivity contribution is -0.146. The Morgan fingerprint density at radius 1 is 1.00 bits per heavy atom.